The number of carbonyl (C=O) groups is 1. The van der Waals surface area contributed by atoms with Gasteiger partial charge < -0.3 is 58.7 Å². The Morgan fingerprint density at radius 2 is 0.875 bits per heavy atom. The van der Waals surface area contributed by atoms with Crippen LogP contribution in [0.2, 0.25) is 15.1 Å². The van der Waals surface area contributed by atoms with Crippen LogP contribution in [0.5, 0.6) is 0 Å². The van der Waals surface area contributed by atoms with Crippen molar-refractivity contribution in [1.29, 1.82) is 0 Å². The summed E-state index contributed by atoms with van der Waals surface area (Å²) in [7, 11) is 0. The number of aryl methyl sites for hydroxylation is 2. The van der Waals surface area contributed by atoms with Gasteiger partial charge in [0.1, 0.15) is 114 Å². The fourth-order valence-electron chi connectivity index (χ4n) is 15.1. The van der Waals surface area contributed by atoms with Crippen LogP contribution in [0.3, 0.4) is 0 Å². The number of thioether (sulfide) groups is 1. The van der Waals surface area contributed by atoms with Crippen molar-refractivity contribution in [2.75, 3.05) is 26.1 Å². The average Bonchev–Trinajstić information content (AvgIpc) is 1.40. The number of nitrogens with two attached hydrogens (primary N) is 1. The number of fused-ring (bicyclic) bond motifs is 2. The summed E-state index contributed by atoms with van der Waals surface area (Å²) >= 11 is 19.8. The molecule has 128 heavy (non-hydrogen) atoms. The minimum atomic E-state index is -1.63. The van der Waals surface area contributed by atoms with Gasteiger partial charge in [-0.15, -0.1) is 47.5 Å². The monoisotopic (exact) mass is 1850 g/mol. The van der Waals surface area contributed by atoms with E-state index in [1.54, 1.807) is 89.3 Å². The van der Waals surface area contributed by atoms with Gasteiger partial charge >= 0.3 is 0 Å². The van der Waals surface area contributed by atoms with Crippen molar-refractivity contribution in [2.24, 2.45) is 10.8 Å². The number of carbonyl (C=O) groups excluding carboxylic acids is 1. The summed E-state index contributed by atoms with van der Waals surface area (Å²) in [5, 5.41) is 98.6. The highest BCUT2D eigenvalue weighted by Crippen LogP contribution is 2.47. The predicted octanol–water partition coefficient (Wildman–Crippen LogP) is 12.3. The summed E-state index contributed by atoms with van der Waals surface area (Å²) in [6.07, 6.45) is -9.36. The second kappa shape index (κ2) is 39.7. The topological polar surface area (TPSA) is 387 Å². The third-order valence-electron chi connectivity index (χ3n) is 21.2. The molecule has 5 aliphatic rings. The number of rotatable bonds is 15. The molecule has 0 spiro atoms. The van der Waals surface area contributed by atoms with Gasteiger partial charge in [0, 0.05) is 42.9 Å². The maximum Gasteiger partial charge on any atom is 0.265 e. The number of halogens is 12. The third kappa shape index (κ3) is 19.5. The predicted molar refractivity (Wildman–Crippen MR) is 440 cm³/mol. The van der Waals surface area contributed by atoms with Crippen molar-refractivity contribution < 1.29 is 103 Å². The first-order valence-corrected chi connectivity index (χ1v) is 41.3. The Labute approximate surface area is 739 Å². The van der Waals surface area contributed by atoms with Gasteiger partial charge in [0.05, 0.1) is 60.5 Å². The molecule has 5 fully saturated rings. The number of nitrogens with zero attached hydrogens (tertiary/aromatic N) is 16. The van der Waals surface area contributed by atoms with Crippen LogP contribution in [-0.2, 0) is 38.0 Å². The number of amides is 1. The van der Waals surface area contributed by atoms with Gasteiger partial charge in [-0.3, -0.25) is 19.4 Å². The smallest absolute Gasteiger partial charge is 0.265 e. The molecule has 0 saturated carbocycles. The molecule has 0 aliphatic carbocycles. The first-order chi connectivity index (χ1) is 61.6. The van der Waals surface area contributed by atoms with E-state index in [0.29, 0.717) is 38.9 Å². The molecule has 1 amide bonds. The zero-order valence-electron chi connectivity index (χ0n) is 67.0. The van der Waals surface area contributed by atoms with E-state index >= 15 is 0 Å². The SMILES string of the molecule is CSC(C)=Nc1cccc(Cl)c1.Cc1nnc([C@@H]2O[C@@H]3COC(c4ccccc4)O[C@@H]3[C@H](n3cc(-c4cc(F)c(F)c(F)c4)nn3)[C@H]2O)n1-c1cccc(Cl)c1.Cc1nnc([C@@H]2O[C@H](CO)[C@H](O)[C@H](n3cc(-c4cc(F)c(F)c(F)c4)nn3)[C@H]2O)n1-c1cccc(Cl)c1.NNC(=O)[C@@H]1O[C@@H]2COC(c3ccccc3)O[C@@H]2[C@H](n2cc(-c3cc(F)c(F)c(F)c3)nn2)[C@H]1O. The van der Waals surface area contributed by atoms with Crippen molar-refractivity contribution in [2.45, 2.75) is 125 Å². The Kier molecular flexibility index (Phi) is 28.4. The highest BCUT2D eigenvalue weighted by molar-refractivity contribution is 8.13. The molecule has 31 nitrogen and oxygen atoms in total. The number of aliphatic imine (C=N–C) groups is 1. The van der Waals surface area contributed by atoms with Crippen molar-refractivity contribution in [3.63, 3.8) is 0 Å². The molecule has 5 aliphatic heterocycles. The molecule has 8 N–H and O–H groups in total. The number of hydrogen-bond acceptors (Lipinski definition) is 26. The van der Waals surface area contributed by atoms with Crippen molar-refractivity contribution in [3.05, 3.63) is 290 Å². The molecular weight excluding hydrogens is 1780 g/mol. The highest BCUT2D eigenvalue weighted by Gasteiger charge is 2.55. The normalized spacial score (nSPS) is 24.4. The van der Waals surface area contributed by atoms with Gasteiger partial charge in [0.2, 0.25) is 0 Å². The van der Waals surface area contributed by atoms with Crippen LogP contribution in [0.4, 0.5) is 45.2 Å². The number of nitrogens with one attached hydrogen (secondary N) is 1. The quantitative estimate of drug-likeness (QED) is 0.00953. The van der Waals surface area contributed by atoms with E-state index in [0.717, 1.165) is 68.0 Å². The summed E-state index contributed by atoms with van der Waals surface area (Å²) in [5.41, 5.74) is 5.39. The molecule has 668 valence electrons. The zero-order chi connectivity index (χ0) is 90.6. The summed E-state index contributed by atoms with van der Waals surface area (Å²) in [6, 6.07) is 41.3. The largest absolute Gasteiger partial charge is 0.394 e. The van der Waals surface area contributed by atoms with E-state index in [2.05, 4.69) is 56.3 Å². The molecule has 5 aromatic heterocycles. The van der Waals surface area contributed by atoms with E-state index < -0.39 is 169 Å². The van der Waals surface area contributed by atoms with Gasteiger partial charge in [-0.05, 0) is 118 Å². The third-order valence-corrected chi connectivity index (χ3v) is 22.6. The first-order valence-electron chi connectivity index (χ1n) is 38.9. The van der Waals surface area contributed by atoms with Crippen LogP contribution in [0.1, 0.15) is 84.3 Å². The molecule has 13 aromatic rings. The zero-order valence-corrected chi connectivity index (χ0v) is 70.1. The van der Waals surface area contributed by atoms with Gasteiger partial charge in [-0.25, -0.2) is 64.4 Å². The van der Waals surface area contributed by atoms with Gasteiger partial charge in [0.25, 0.3) is 5.91 Å². The summed E-state index contributed by atoms with van der Waals surface area (Å²) in [4.78, 5) is 16.6. The lowest BCUT2D eigenvalue weighted by molar-refractivity contribution is -0.319. The van der Waals surface area contributed by atoms with E-state index in [1.807, 2.05) is 97.5 Å². The van der Waals surface area contributed by atoms with E-state index in [1.165, 1.54) is 28.0 Å². The van der Waals surface area contributed by atoms with Gasteiger partial charge in [-0.2, -0.15) is 0 Å². The lowest BCUT2D eigenvalue weighted by atomic mass is 9.91. The molecule has 0 bridgehead atoms. The molecular formula is C84H74Cl3F9N18O13S. The second-order valence-corrected chi connectivity index (χ2v) is 31.7. The van der Waals surface area contributed by atoms with Crippen LogP contribution in [0, 0.1) is 66.2 Å². The van der Waals surface area contributed by atoms with Crippen LogP contribution in [0.25, 0.3) is 45.1 Å². The minimum Gasteiger partial charge on any atom is -0.394 e. The highest BCUT2D eigenvalue weighted by atomic mass is 35.5. The molecule has 44 heteroatoms. The summed E-state index contributed by atoms with van der Waals surface area (Å²) in [5.74, 6) is -7.24. The second-order valence-electron chi connectivity index (χ2n) is 29.4. The van der Waals surface area contributed by atoms with Gasteiger partial charge in [0.15, 0.2) is 82.7 Å². The molecule has 18 rings (SSSR count). The van der Waals surface area contributed by atoms with Crippen molar-refractivity contribution in [3.8, 4) is 45.1 Å². The number of hydrogen-bond donors (Lipinski definition) is 7. The molecule has 10 heterocycles. The molecule has 17 atom stereocenters. The van der Waals surface area contributed by atoms with E-state index in [4.69, 9.17) is 73.8 Å². The first kappa shape index (κ1) is 91.4. The number of aliphatic hydroxyl groups is 5. The lowest BCUT2D eigenvalue weighted by Gasteiger charge is -2.47. The number of ether oxygens (including phenoxy) is 7. The fraction of sp³-hybridized carbons (Fsp3) is 0.286. The summed E-state index contributed by atoms with van der Waals surface area (Å²) in [6.45, 7) is 4.94. The van der Waals surface area contributed by atoms with Crippen LogP contribution >= 0.6 is 46.6 Å². The maximum absolute atomic E-state index is 14.0. The van der Waals surface area contributed by atoms with E-state index in [9.17, 15) is 69.8 Å². The Morgan fingerprint density at radius 3 is 1.28 bits per heavy atom. The molecule has 0 radical (unpaired) electrons. The lowest BCUT2D eigenvalue weighted by Crippen LogP contribution is -2.63. The minimum absolute atomic E-state index is 0.00420. The molecule has 2 unspecified atom stereocenters. The Hall–Kier alpha value is -11.3. The molecule has 8 aromatic carbocycles. The fourth-order valence-corrected chi connectivity index (χ4v) is 15.8. The number of aliphatic hydroxyl groups excluding tert-OH is 5. The van der Waals surface area contributed by atoms with Crippen LogP contribution < -0.4 is 11.3 Å². The van der Waals surface area contributed by atoms with Gasteiger partial charge in [-0.1, -0.05) is 129 Å². The van der Waals surface area contributed by atoms with Crippen molar-refractivity contribution in [1.82, 2.24) is 79.9 Å². The standard InChI is InChI=1S/C30H24ClF3N6O4.C23H20ClF3N6O4.C22H20F3N5O5.C9H10ClNS/c1-15-35-37-29(40(15)19-9-5-8-18(31)12-19)28-26(41)25(27-23(43-28)14-42-30(44-27)16-6-3-2-4-7-16)39-13-22(36-38-39)17-10-20(32)24(34)21(33)11-17;1-10-28-30-23(33(10)13-4-2-3-12(24)7-13)22-21(36)19(20(35)17(9-34)37-22)32-8-16(29-31-32)11-5-14(25)18(27)15(26)6-11;23-12-6-11(7-13(24)16(12)25)14-8-30(29-28-14)17-18(31)20(21(32)27-26)34-15-9-33-22(35-19(15)17)10-4-2-1-3-5-10;1-7(12-2)11-9-5-3-4-8(10)6-9/h2-13,23,25-28,30,41H,14H2,1H3;2-8,17,19-22,34-36H,9H2,1H3;1-8,15,17-20,22,31H,9,26H2,(H,27,32);3-6H,1-2H3/t23-,25-,26-,27+,28-,30?;17-,19+,20+,21-,22-;15-,17-,18-,19+,20-,22?;/m111./s1. The summed E-state index contributed by atoms with van der Waals surface area (Å²) < 4.78 is 173. The van der Waals surface area contributed by atoms with Crippen LogP contribution in [-0.4, -0.2) is 198 Å². The number of hydrazine groups is 1. The Bertz CT molecular complexity index is 6090. The van der Waals surface area contributed by atoms with Crippen LogP contribution in [0.15, 0.2) is 193 Å². The number of benzene rings is 8. The Balaban J connectivity index is 0.000000139. The Morgan fingerprint density at radius 1 is 0.484 bits per heavy atom. The number of aromatic nitrogens is 15. The average molecular weight is 1850 g/mol. The molecule has 5 saturated heterocycles. The van der Waals surface area contributed by atoms with E-state index in [-0.39, 0.29) is 52.8 Å². The van der Waals surface area contributed by atoms with Crippen molar-refractivity contribution >= 4 is 63.2 Å². The maximum atomic E-state index is 14.0.